The van der Waals surface area contributed by atoms with Gasteiger partial charge in [-0.15, -0.1) is 0 Å². The average molecular weight is 197 g/mol. The Kier molecular flexibility index (Phi) is 2.62. The van der Waals surface area contributed by atoms with Gasteiger partial charge in [0.05, 0.1) is 6.10 Å². The number of aliphatic hydroxyl groups is 1. The molecular weight excluding hydrogens is 177 g/mol. The fourth-order valence-electron chi connectivity index (χ4n) is 3.64. The summed E-state index contributed by atoms with van der Waals surface area (Å²) in [6.45, 7) is 3.99. The van der Waals surface area contributed by atoms with Crippen molar-refractivity contribution in [3.05, 3.63) is 0 Å². The molecule has 80 valence electrons. The van der Waals surface area contributed by atoms with E-state index in [1.54, 1.807) is 0 Å². The van der Waals surface area contributed by atoms with Gasteiger partial charge >= 0.3 is 7.05 Å². The van der Waals surface area contributed by atoms with Crippen molar-refractivity contribution in [3.8, 4) is 0 Å². The van der Waals surface area contributed by atoms with E-state index in [-0.39, 0.29) is 17.7 Å². The predicted molar refractivity (Wildman–Crippen MR) is 57.0 cm³/mol. The van der Waals surface area contributed by atoms with Gasteiger partial charge in [-0.3, -0.25) is 0 Å². The molecule has 2 bridgehead atoms. The Morgan fingerprint density at radius 1 is 1.57 bits per heavy atom. The van der Waals surface area contributed by atoms with Crippen molar-refractivity contribution in [1.82, 2.24) is 4.81 Å². The fourth-order valence-corrected chi connectivity index (χ4v) is 3.64. The molecule has 3 unspecified atom stereocenters. The van der Waals surface area contributed by atoms with Gasteiger partial charge < -0.3 is 14.9 Å². The summed E-state index contributed by atoms with van der Waals surface area (Å²) in [6, 6.07) is 0.210. The second kappa shape index (κ2) is 3.51. The van der Waals surface area contributed by atoms with Gasteiger partial charge in [0.25, 0.3) is 0 Å². The minimum atomic E-state index is -0.411. The number of fused-ring (bicyclic) bond motifs is 2. The van der Waals surface area contributed by atoms with E-state index in [4.69, 9.17) is 0 Å². The lowest BCUT2D eigenvalue weighted by Crippen LogP contribution is -2.49. The first-order chi connectivity index (χ1) is 6.60. The molecule has 2 heterocycles. The smallest absolute Gasteiger partial charge is 0.377 e. The standard InChI is InChI=1S/C10H20BNO2/c1-3-5-10-6-4-8(9(13)7-10)12(10)11(2)14/h8-9,13-14H,3-7H2,1-2H3. The summed E-state index contributed by atoms with van der Waals surface area (Å²) in [5.41, 5.74) is 0.104. The van der Waals surface area contributed by atoms with Gasteiger partial charge in [0.15, 0.2) is 0 Å². The Morgan fingerprint density at radius 2 is 2.29 bits per heavy atom. The topological polar surface area (TPSA) is 43.7 Å². The summed E-state index contributed by atoms with van der Waals surface area (Å²) in [4.78, 5) is 2.15. The molecular formula is C10H20BNO2. The van der Waals surface area contributed by atoms with Crippen molar-refractivity contribution in [2.75, 3.05) is 0 Å². The van der Waals surface area contributed by atoms with Gasteiger partial charge in [-0.05, 0) is 32.5 Å². The van der Waals surface area contributed by atoms with Gasteiger partial charge in [0.1, 0.15) is 0 Å². The van der Waals surface area contributed by atoms with Gasteiger partial charge in [0, 0.05) is 11.6 Å². The molecule has 0 aromatic rings. The zero-order valence-corrected chi connectivity index (χ0v) is 9.11. The molecule has 2 aliphatic rings. The second-order valence-electron chi connectivity index (χ2n) is 4.89. The van der Waals surface area contributed by atoms with Crippen LogP contribution in [0.2, 0.25) is 6.82 Å². The Labute approximate surface area is 86.2 Å². The molecule has 4 heteroatoms. The molecule has 0 spiro atoms. The zero-order chi connectivity index (χ0) is 10.3. The van der Waals surface area contributed by atoms with E-state index in [1.165, 1.54) is 0 Å². The Balaban J connectivity index is 2.21. The third-order valence-corrected chi connectivity index (χ3v) is 3.96. The quantitative estimate of drug-likeness (QED) is 0.659. The highest BCUT2D eigenvalue weighted by molar-refractivity contribution is 6.45. The van der Waals surface area contributed by atoms with Crippen LogP contribution in [0.4, 0.5) is 0 Å². The number of aliphatic hydroxyl groups excluding tert-OH is 1. The molecule has 2 N–H and O–H groups in total. The van der Waals surface area contributed by atoms with E-state index in [0.717, 1.165) is 32.1 Å². The monoisotopic (exact) mass is 197 g/mol. The lowest BCUT2D eigenvalue weighted by molar-refractivity contribution is 0.131. The zero-order valence-electron chi connectivity index (χ0n) is 9.11. The molecule has 0 saturated carbocycles. The molecule has 2 saturated heterocycles. The predicted octanol–water partition coefficient (Wildman–Crippen LogP) is 0.865. The van der Waals surface area contributed by atoms with E-state index >= 15 is 0 Å². The molecule has 0 radical (unpaired) electrons. The lowest BCUT2D eigenvalue weighted by Gasteiger charge is -2.35. The Morgan fingerprint density at radius 3 is 2.79 bits per heavy atom. The molecule has 0 aromatic heterocycles. The summed E-state index contributed by atoms with van der Waals surface area (Å²) in [5.74, 6) is 0. The number of hydrogen-bond acceptors (Lipinski definition) is 3. The van der Waals surface area contributed by atoms with Crippen LogP contribution in [-0.2, 0) is 0 Å². The van der Waals surface area contributed by atoms with Crippen LogP contribution in [0.15, 0.2) is 0 Å². The second-order valence-corrected chi connectivity index (χ2v) is 4.89. The maximum atomic E-state index is 9.88. The normalized spacial score (nSPS) is 42.0. The van der Waals surface area contributed by atoms with Crippen LogP contribution in [0.3, 0.4) is 0 Å². The summed E-state index contributed by atoms with van der Waals surface area (Å²) >= 11 is 0. The molecule has 0 aliphatic carbocycles. The van der Waals surface area contributed by atoms with Crippen molar-refractivity contribution in [3.63, 3.8) is 0 Å². The van der Waals surface area contributed by atoms with Crippen LogP contribution in [0, 0.1) is 0 Å². The maximum Gasteiger partial charge on any atom is 0.377 e. The van der Waals surface area contributed by atoms with Gasteiger partial charge in [0.2, 0.25) is 0 Å². The van der Waals surface area contributed by atoms with Crippen molar-refractivity contribution in [2.24, 2.45) is 0 Å². The Hall–Kier alpha value is -0.0551. The maximum absolute atomic E-state index is 9.88. The SMILES string of the molecule is CCCC12CCC(C(O)C1)N2B(C)O. The Bertz CT molecular complexity index is 224. The van der Waals surface area contributed by atoms with E-state index in [0.29, 0.717) is 0 Å². The van der Waals surface area contributed by atoms with E-state index < -0.39 is 7.05 Å². The minimum Gasteiger partial charge on any atom is -0.437 e. The van der Waals surface area contributed by atoms with Gasteiger partial charge in [-0.25, -0.2) is 0 Å². The average Bonchev–Trinajstić information content (AvgIpc) is 2.55. The summed E-state index contributed by atoms with van der Waals surface area (Å²) in [6.07, 6.45) is 5.06. The largest absolute Gasteiger partial charge is 0.437 e. The fraction of sp³-hybridized carbons (Fsp3) is 1.00. The van der Waals surface area contributed by atoms with Crippen molar-refractivity contribution >= 4 is 7.05 Å². The van der Waals surface area contributed by atoms with Crippen molar-refractivity contribution < 1.29 is 10.1 Å². The third-order valence-electron chi connectivity index (χ3n) is 3.96. The highest BCUT2D eigenvalue weighted by Gasteiger charge is 2.57. The molecule has 2 rings (SSSR count). The third kappa shape index (κ3) is 1.32. The van der Waals surface area contributed by atoms with E-state index in [1.807, 2.05) is 6.82 Å². The van der Waals surface area contributed by atoms with Gasteiger partial charge in [-0.1, -0.05) is 13.3 Å². The van der Waals surface area contributed by atoms with Crippen molar-refractivity contribution in [1.29, 1.82) is 0 Å². The van der Waals surface area contributed by atoms with Crippen LogP contribution in [-0.4, -0.2) is 39.7 Å². The number of hydrogen-bond donors (Lipinski definition) is 2. The van der Waals surface area contributed by atoms with Crippen LogP contribution in [0.5, 0.6) is 0 Å². The van der Waals surface area contributed by atoms with Crippen LogP contribution < -0.4 is 0 Å². The van der Waals surface area contributed by atoms with Crippen LogP contribution in [0.1, 0.15) is 39.0 Å². The number of rotatable bonds is 3. The summed E-state index contributed by atoms with van der Waals surface area (Å²) < 4.78 is 0. The first-order valence-electron chi connectivity index (χ1n) is 5.75. The summed E-state index contributed by atoms with van der Waals surface area (Å²) in [7, 11) is -0.411. The van der Waals surface area contributed by atoms with E-state index in [9.17, 15) is 10.1 Å². The highest BCUT2D eigenvalue weighted by Crippen LogP contribution is 2.49. The highest BCUT2D eigenvalue weighted by atomic mass is 16.3. The number of nitrogens with zero attached hydrogens (tertiary/aromatic N) is 1. The first kappa shape index (κ1) is 10.5. The van der Waals surface area contributed by atoms with Crippen molar-refractivity contribution in [2.45, 2.75) is 63.5 Å². The molecule has 3 nitrogen and oxygen atoms in total. The molecule has 0 amide bonds. The lowest BCUT2D eigenvalue weighted by atomic mass is 9.77. The minimum absolute atomic E-state index is 0.104. The summed E-state index contributed by atoms with van der Waals surface area (Å²) in [5, 5.41) is 19.6. The van der Waals surface area contributed by atoms with Crippen LogP contribution >= 0.6 is 0 Å². The molecule has 14 heavy (non-hydrogen) atoms. The van der Waals surface area contributed by atoms with Crippen LogP contribution in [0.25, 0.3) is 0 Å². The molecule has 2 fully saturated rings. The molecule has 0 aromatic carbocycles. The first-order valence-corrected chi connectivity index (χ1v) is 5.75. The molecule has 2 aliphatic heterocycles. The van der Waals surface area contributed by atoms with Gasteiger partial charge in [-0.2, -0.15) is 0 Å². The molecule has 3 atom stereocenters. The van der Waals surface area contributed by atoms with E-state index in [2.05, 4.69) is 11.7 Å².